The van der Waals surface area contributed by atoms with Crippen LogP contribution >= 0.6 is 0 Å². The van der Waals surface area contributed by atoms with E-state index in [0.29, 0.717) is 6.61 Å². The van der Waals surface area contributed by atoms with Crippen LogP contribution in [0, 0.1) is 0 Å². The van der Waals surface area contributed by atoms with Crippen LogP contribution in [0.1, 0.15) is 32.6 Å². The van der Waals surface area contributed by atoms with Crippen molar-refractivity contribution >= 4 is 0 Å². The SMILES string of the molecule is CC(O)COC1CCC(O)CC1. The van der Waals surface area contributed by atoms with Crippen LogP contribution < -0.4 is 0 Å². The Morgan fingerprint density at radius 3 is 2.42 bits per heavy atom. The topological polar surface area (TPSA) is 49.7 Å². The maximum Gasteiger partial charge on any atom is 0.0745 e. The minimum Gasteiger partial charge on any atom is -0.393 e. The molecule has 1 unspecified atom stereocenters. The number of ether oxygens (including phenoxy) is 1. The molecule has 3 nitrogen and oxygen atoms in total. The number of rotatable bonds is 3. The third kappa shape index (κ3) is 3.52. The van der Waals surface area contributed by atoms with E-state index >= 15 is 0 Å². The van der Waals surface area contributed by atoms with Crippen LogP contribution in [0.3, 0.4) is 0 Å². The summed E-state index contributed by atoms with van der Waals surface area (Å²) in [5, 5.41) is 18.2. The second kappa shape index (κ2) is 4.80. The van der Waals surface area contributed by atoms with Crippen molar-refractivity contribution in [2.45, 2.75) is 50.9 Å². The molecule has 0 amide bonds. The summed E-state index contributed by atoms with van der Waals surface area (Å²) >= 11 is 0. The van der Waals surface area contributed by atoms with Crippen molar-refractivity contribution in [3.05, 3.63) is 0 Å². The molecule has 2 N–H and O–H groups in total. The van der Waals surface area contributed by atoms with Crippen molar-refractivity contribution in [2.24, 2.45) is 0 Å². The van der Waals surface area contributed by atoms with E-state index < -0.39 is 0 Å². The van der Waals surface area contributed by atoms with Gasteiger partial charge in [0.05, 0.1) is 24.9 Å². The second-order valence-electron chi connectivity index (χ2n) is 3.61. The van der Waals surface area contributed by atoms with Gasteiger partial charge in [-0.1, -0.05) is 0 Å². The molecule has 1 atom stereocenters. The molecule has 0 radical (unpaired) electrons. The normalized spacial score (nSPS) is 33.2. The predicted octanol–water partition coefficient (Wildman–Crippen LogP) is 0.687. The van der Waals surface area contributed by atoms with E-state index in [-0.39, 0.29) is 18.3 Å². The maximum atomic E-state index is 9.20. The fourth-order valence-electron chi connectivity index (χ4n) is 1.49. The quantitative estimate of drug-likeness (QED) is 0.661. The molecule has 0 spiro atoms. The second-order valence-corrected chi connectivity index (χ2v) is 3.61. The number of hydrogen-bond donors (Lipinski definition) is 2. The van der Waals surface area contributed by atoms with Crippen molar-refractivity contribution in [2.75, 3.05) is 6.61 Å². The molecule has 0 aromatic carbocycles. The molecule has 1 aliphatic carbocycles. The van der Waals surface area contributed by atoms with E-state index in [1.807, 2.05) is 0 Å². The molecule has 3 heteroatoms. The fourth-order valence-corrected chi connectivity index (χ4v) is 1.49. The third-order valence-corrected chi connectivity index (χ3v) is 2.22. The molecule has 12 heavy (non-hydrogen) atoms. The molecule has 0 aromatic rings. The van der Waals surface area contributed by atoms with Crippen LogP contribution in [0.5, 0.6) is 0 Å². The molecule has 0 saturated heterocycles. The van der Waals surface area contributed by atoms with Gasteiger partial charge in [0.15, 0.2) is 0 Å². The highest BCUT2D eigenvalue weighted by Gasteiger charge is 2.19. The van der Waals surface area contributed by atoms with Crippen LogP contribution in [0.25, 0.3) is 0 Å². The predicted molar refractivity (Wildman–Crippen MR) is 45.9 cm³/mol. The first kappa shape index (κ1) is 9.96. The minimum atomic E-state index is -0.378. The number of aliphatic hydroxyl groups excluding tert-OH is 2. The molecule has 0 heterocycles. The van der Waals surface area contributed by atoms with Gasteiger partial charge in [-0.3, -0.25) is 0 Å². The monoisotopic (exact) mass is 174 g/mol. The fraction of sp³-hybridized carbons (Fsp3) is 1.00. The van der Waals surface area contributed by atoms with Crippen LogP contribution in [0.2, 0.25) is 0 Å². The van der Waals surface area contributed by atoms with Crippen molar-refractivity contribution in [1.29, 1.82) is 0 Å². The number of aliphatic hydroxyl groups is 2. The first-order valence-corrected chi connectivity index (χ1v) is 4.66. The van der Waals surface area contributed by atoms with Crippen molar-refractivity contribution in [3.63, 3.8) is 0 Å². The minimum absolute atomic E-state index is 0.128. The molecule has 1 rings (SSSR count). The van der Waals surface area contributed by atoms with E-state index in [9.17, 15) is 5.11 Å². The van der Waals surface area contributed by atoms with Crippen LogP contribution in [0.15, 0.2) is 0 Å². The molecule has 0 aliphatic heterocycles. The Balaban J connectivity index is 2.09. The largest absolute Gasteiger partial charge is 0.393 e. The van der Waals surface area contributed by atoms with Gasteiger partial charge in [0.1, 0.15) is 0 Å². The molecule has 1 saturated carbocycles. The Morgan fingerprint density at radius 2 is 1.92 bits per heavy atom. The van der Waals surface area contributed by atoms with Crippen molar-refractivity contribution < 1.29 is 14.9 Å². The lowest BCUT2D eigenvalue weighted by Crippen LogP contribution is -2.26. The molecule has 1 fully saturated rings. The Hall–Kier alpha value is -0.120. The molecular formula is C9H18O3. The van der Waals surface area contributed by atoms with E-state index in [1.165, 1.54) is 0 Å². The van der Waals surface area contributed by atoms with Crippen molar-refractivity contribution in [3.8, 4) is 0 Å². The summed E-state index contributed by atoms with van der Waals surface area (Å²) in [5.41, 5.74) is 0. The summed E-state index contributed by atoms with van der Waals surface area (Å²) in [7, 11) is 0. The Kier molecular flexibility index (Phi) is 3.98. The van der Waals surface area contributed by atoms with Crippen LogP contribution in [0.4, 0.5) is 0 Å². The molecule has 72 valence electrons. The van der Waals surface area contributed by atoms with Crippen LogP contribution in [-0.4, -0.2) is 35.1 Å². The van der Waals surface area contributed by atoms with Gasteiger partial charge >= 0.3 is 0 Å². The molecule has 0 bridgehead atoms. The van der Waals surface area contributed by atoms with Crippen molar-refractivity contribution in [1.82, 2.24) is 0 Å². The molecular weight excluding hydrogens is 156 g/mol. The molecule has 0 aromatic heterocycles. The number of hydrogen-bond acceptors (Lipinski definition) is 3. The van der Waals surface area contributed by atoms with Crippen LogP contribution in [-0.2, 0) is 4.74 Å². The Morgan fingerprint density at radius 1 is 1.33 bits per heavy atom. The Labute approximate surface area is 73.4 Å². The van der Waals surface area contributed by atoms with Gasteiger partial charge in [-0.05, 0) is 32.6 Å². The zero-order chi connectivity index (χ0) is 8.97. The highest BCUT2D eigenvalue weighted by molar-refractivity contribution is 4.71. The molecule has 1 aliphatic rings. The van der Waals surface area contributed by atoms with Gasteiger partial charge in [-0.25, -0.2) is 0 Å². The highest BCUT2D eigenvalue weighted by atomic mass is 16.5. The van der Waals surface area contributed by atoms with Gasteiger partial charge < -0.3 is 14.9 Å². The van der Waals surface area contributed by atoms with E-state index in [1.54, 1.807) is 6.92 Å². The summed E-state index contributed by atoms with van der Waals surface area (Å²) in [6, 6.07) is 0. The van der Waals surface area contributed by atoms with E-state index in [2.05, 4.69) is 0 Å². The first-order valence-electron chi connectivity index (χ1n) is 4.66. The van der Waals surface area contributed by atoms with Gasteiger partial charge in [-0.2, -0.15) is 0 Å². The lowest BCUT2D eigenvalue weighted by molar-refractivity contribution is -0.0353. The zero-order valence-electron chi connectivity index (χ0n) is 7.57. The summed E-state index contributed by atoms with van der Waals surface area (Å²) in [6.45, 7) is 2.14. The van der Waals surface area contributed by atoms with Gasteiger partial charge in [-0.15, -0.1) is 0 Å². The Bertz CT molecular complexity index is 117. The smallest absolute Gasteiger partial charge is 0.0745 e. The first-order chi connectivity index (χ1) is 5.68. The standard InChI is InChI=1S/C9H18O3/c1-7(10)6-12-9-4-2-8(11)3-5-9/h7-11H,2-6H2,1H3. The van der Waals surface area contributed by atoms with E-state index in [4.69, 9.17) is 9.84 Å². The van der Waals surface area contributed by atoms with Gasteiger partial charge in [0.2, 0.25) is 0 Å². The van der Waals surface area contributed by atoms with E-state index in [0.717, 1.165) is 25.7 Å². The lowest BCUT2D eigenvalue weighted by atomic mass is 9.95. The van der Waals surface area contributed by atoms with Gasteiger partial charge in [0, 0.05) is 0 Å². The zero-order valence-corrected chi connectivity index (χ0v) is 7.57. The summed E-state index contributed by atoms with van der Waals surface area (Å²) in [6.07, 6.45) is 3.27. The third-order valence-electron chi connectivity index (χ3n) is 2.22. The maximum absolute atomic E-state index is 9.20. The summed E-state index contributed by atoms with van der Waals surface area (Å²) in [5.74, 6) is 0. The summed E-state index contributed by atoms with van der Waals surface area (Å²) < 4.78 is 5.43. The average molecular weight is 174 g/mol. The highest BCUT2D eigenvalue weighted by Crippen LogP contribution is 2.20. The van der Waals surface area contributed by atoms with Gasteiger partial charge in [0.25, 0.3) is 0 Å². The summed E-state index contributed by atoms with van der Waals surface area (Å²) in [4.78, 5) is 0. The average Bonchev–Trinajstić information content (AvgIpc) is 2.03. The lowest BCUT2D eigenvalue weighted by Gasteiger charge is -2.25.